The highest BCUT2D eigenvalue weighted by Crippen LogP contribution is 2.41. The zero-order chi connectivity index (χ0) is 16.6. The molecule has 4 rings (SSSR count). The van der Waals surface area contributed by atoms with Crippen molar-refractivity contribution in [2.75, 3.05) is 26.4 Å². The Morgan fingerprint density at radius 2 is 2.29 bits per heavy atom. The molecule has 24 heavy (non-hydrogen) atoms. The van der Waals surface area contributed by atoms with Gasteiger partial charge in [0, 0.05) is 35.8 Å². The monoisotopic (exact) mass is 394 g/mol. The first-order valence-electron chi connectivity index (χ1n) is 8.12. The lowest BCUT2D eigenvalue weighted by Crippen LogP contribution is -2.34. The van der Waals surface area contributed by atoms with Crippen molar-refractivity contribution in [1.29, 1.82) is 0 Å². The molecule has 0 aromatic carbocycles. The minimum atomic E-state index is -0.186. The molecule has 1 spiro atoms. The lowest BCUT2D eigenvalue weighted by Gasteiger charge is -2.31. The van der Waals surface area contributed by atoms with Gasteiger partial charge < -0.3 is 14.8 Å². The molecular formula is C16H19BrN4O3. The van der Waals surface area contributed by atoms with Gasteiger partial charge in [-0.1, -0.05) is 0 Å². The smallest absolute Gasteiger partial charge is 0.270 e. The van der Waals surface area contributed by atoms with Crippen LogP contribution >= 0.6 is 15.9 Å². The number of nitrogens with zero attached hydrogens (tertiary/aromatic N) is 2. The van der Waals surface area contributed by atoms with E-state index in [1.54, 1.807) is 6.20 Å². The lowest BCUT2D eigenvalue weighted by atomic mass is 9.78. The number of H-pyrrole nitrogens is 1. The van der Waals surface area contributed by atoms with Crippen LogP contribution in [0.1, 0.15) is 29.8 Å². The zero-order valence-electron chi connectivity index (χ0n) is 13.2. The van der Waals surface area contributed by atoms with Gasteiger partial charge >= 0.3 is 0 Å². The van der Waals surface area contributed by atoms with E-state index < -0.39 is 0 Å². The van der Waals surface area contributed by atoms with Crippen LogP contribution in [-0.4, -0.2) is 53.6 Å². The van der Waals surface area contributed by atoms with Gasteiger partial charge in [-0.25, -0.2) is 4.98 Å². The molecule has 0 radical (unpaired) electrons. The van der Waals surface area contributed by atoms with Crippen molar-refractivity contribution >= 4 is 32.9 Å². The van der Waals surface area contributed by atoms with Gasteiger partial charge in [0.1, 0.15) is 5.69 Å². The van der Waals surface area contributed by atoms with Gasteiger partial charge in [0.15, 0.2) is 5.65 Å². The van der Waals surface area contributed by atoms with Crippen LogP contribution in [0.15, 0.2) is 16.7 Å². The van der Waals surface area contributed by atoms with Gasteiger partial charge in [-0.3, -0.25) is 9.89 Å². The maximum absolute atomic E-state index is 12.5. The van der Waals surface area contributed by atoms with Crippen molar-refractivity contribution in [1.82, 2.24) is 20.5 Å². The molecule has 1 unspecified atom stereocenters. The number of carbonyl (C=O) groups is 1. The molecule has 2 aromatic rings. The number of fused-ring (bicyclic) bond motifs is 1. The van der Waals surface area contributed by atoms with Crippen LogP contribution in [0, 0.1) is 5.41 Å². The van der Waals surface area contributed by atoms with E-state index in [-0.39, 0.29) is 17.4 Å². The molecule has 1 amide bonds. The minimum Gasteiger partial charge on any atom is -0.381 e. The standard InChI is InChI=1S/C16H19BrN4O3/c17-10-5-12-13(20-21-14(12)18-7-10)15(22)19-8-11-6-16(9-24-11)1-3-23-4-2-16/h5,7,11H,1-4,6,8-9H2,(H,19,22)(H,18,20,21). The van der Waals surface area contributed by atoms with Crippen molar-refractivity contribution < 1.29 is 14.3 Å². The number of rotatable bonds is 3. The van der Waals surface area contributed by atoms with Crippen LogP contribution < -0.4 is 5.32 Å². The van der Waals surface area contributed by atoms with Crippen molar-refractivity contribution in [3.8, 4) is 0 Å². The van der Waals surface area contributed by atoms with E-state index in [0.29, 0.717) is 23.3 Å². The molecule has 0 bridgehead atoms. The minimum absolute atomic E-state index is 0.0612. The summed E-state index contributed by atoms with van der Waals surface area (Å²) in [7, 11) is 0. The Kier molecular flexibility index (Phi) is 4.28. The predicted molar refractivity (Wildman–Crippen MR) is 90.8 cm³/mol. The predicted octanol–water partition coefficient (Wildman–Crippen LogP) is 2.04. The van der Waals surface area contributed by atoms with Gasteiger partial charge in [0.2, 0.25) is 0 Å². The SMILES string of the molecule is O=C(NCC1CC2(CCOCC2)CO1)c1[nH]nc2ncc(Br)cc12. The quantitative estimate of drug-likeness (QED) is 0.831. The first-order chi connectivity index (χ1) is 11.7. The number of hydrogen-bond donors (Lipinski definition) is 2. The Hall–Kier alpha value is -1.51. The summed E-state index contributed by atoms with van der Waals surface area (Å²) < 4.78 is 12.2. The Bertz CT molecular complexity index is 757. The second-order valence-corrected chi connectivity index (χ2v) is 7.50. The van der Waals surface area contributed by atoms with Crippen molar-refractivity contribution in [3.05, 3.63) is 22.4 Å². The molecule has 2 fully saturated rings. The fraction of sp³-hybridized carbons (Fsp3) is 0.562. The normalized spacial score (nSPS) is 23.0. The highest BCUT2D eigenvalue weighted by molar-refractivity contribution is 9.10. The largest absolute Gasteiger partial charge is 0.381 e. The molecule has 2 aromatic heterocycles. The fourth-order valence-electron chi connectivity index (χ4n) is 3.52. The van der Waals surface area contributed by atoms with Crippen LogP contribution in [-0.2, 0) is 9.47 Å². The summed E-state index contributed by atoms with van der Waals surface area (Å²) in [5.74, 6) is -0.186. The van der Waals surface area contributed by atoms with Gasteiger partial charge in [-0.2, -0.15) is 5.10 Å². The third kappa shape index (κ3) is 3.05. The summed E-state index contributed by atoms with van der Waals surface area (Å²) in [6.45, 7) is 2.89. The summed E-state index contributed by atoms with van der Waals surface area (Å²) in [5, 5.41) is 10.5. The number of aromatic nitrogens is 3. The summed E-state index contributed by atoms with van der Waals surface area (Å²) >= 11 is 3.37. The van der Waals surface area contributed by atoms with E-state index in [0.717, 1.165) is 43.6 Å². The molecule has 1 atom stereocenters. The topological polar surface area (TPSA) is 89.1 Å². The Balaban J connectivity index is 1.39. The summed E-state index contributed by atoms with van der Waals surface area (Å²) in [4.78, 5) is 16.6. The molecule has 2 saturated heterocycles. The number of halogens is 1. The Labute approximate surface area is 147 Å². The van der Waals surface area contributed by atoms with E-state index >= 15 is 0 Å². The first kappa shape index (κ1) is 16.0. The van der Waals surface area contributed by atoms with Gasteiger partial charge in [-0.05, 0) is 41.3 Å². The van der Waals surface area contributed by atoms with Crippen molar-refractivity contribution in [2.45, 2.75) is 25.4 Å². The van der Waals surface area contributed by atoms with Gasteiger partial charge in [0.05, 0.1) is 18.1 Å². The lowest BCUT2D eigenvalue weighted by molar-refractivity contribution is 0.00703. The van der Waals surface area contributed by atoms with Crippen LogP contribution in [0.5, 0.6) is 0 Å². The number of nitrogens with one attached hydrogen (secondary N) is 2. The molecule has 7 nitrogen and oxygen atoms in total. The van der Waals surface area contributed by atoms with Crippen molar-refractivity contribution in [3.63, 3.8) is 0 Å². The number of carbonyl (C=O) groups excluding carboxylic acids is 1. The molecule has 2 aliphatic rings. The molecule has 8 heteroatoms. The fourth-order valence-corrected chi connectivity index (χ4v) is 3.85. The van der Waals surface area contributed by atoms with Crippen LogP contribution in [0.2, 0.25) is 0 Å². The van der Waals surface area contributed by atoms with E-state index in [9.17, 15) is 4.79 Å². The van der Waals surface area contributed by atoms with Crippen LogP contribution in [0.3, 0.4) is 0 Å². The Morgan fingerprint density at radius 3 is 3.12 bits per heavy atom. The summed E-state index contributed by atoms with van der Waals surface area (Å²) in [5.41, 5.74) is 1.20. The third-order valence-electron chi connectivity index (χ3n) is 4.93. The highest BCUT2D eigenvalue weighted by Gasteiger charge is 2.41. The molecule has 4 heterocycles. The average Bonchev–Trinajstić information content (AvgIpc) is 3.17. The van der Waals surface area contributed by atoms with Crippen LogP contribution in [0.4, 0.5) is 0 Å². The molecular weight excluding hydrogens is 376 g/mol. The number of aromatic amines is 1. The number of hydrogen-bond acceptors (Lipinski definition) is 5. The molecule has 128 valence electrons. The van der Waals surface area contributed by atoms with E-state index in [1.165, 1.54) is 0 Å². The molecule has 2 N–H and O–H groups in total. The summed E-state index contributed by atoms with van der Waals surface area (Å²) in [6, 6.07) is 1.84. The van der Waals surface area contributed by atoms with Gasteiger partial charge in [0.25, 0.3) is 5.91 Å². The number of amides is 1. The average molecular weight is 395 g/mol. The molecule has 2 aliphatic heterocycles. The van der Waals surface area contributed by atoms with E-state index in [2.05, 4.69) is 36.4 Å². The second kappa shape index (κ2) is 6.42. The second-order valence-electron chi connectivity index (χ2n) is 6.58. The maximum atomic E-state index is 12.5. The van der Waals surface area contributed by atoms with Crippen molar-refractivity contribution in [2.24, 2.45) is 5.41 Å². The number of ether oxygens (including phenoxy) is 2. The molecule has 0 saturated carbocycles. The van der Waals surface area contributed by atoms with Gasteiger partial charge in [-0.15, -0.1) is 0 Å². The Morgan fingerprint density at radius 1 is 1.46 bits per heavy atom. The van der Waals surface area contributed by atoms with Crippen LogP contribution in [0.25, 0.3) is 11.0 Å². The highest BCUT2D eigenvalue weighted by atomic mass is 79.9. The first-order valence-corrected chi connectivity index (χ1v) is 8.92. The van der Waals surface area contributed by atoms with E-state index in [1.807, 2.05) is 6.07 Å². The maximum Gasteiger partial charge on any atom is 0.270 e. The summed E-state index contributed by atoms with van der Waals surface area (Å²) in [6.07, 6.45) is 4.79. The van der Waals surface area contributed by atoms with E-state index in [4.69, 9.17) is 9.47 Å². The third-order valence-corrected chi connectivity index (χ3v) is 5.37. The zero-order valence-corrected chi connectivity index (χ0v) is 14.8. The number of pyridine rings is 1. The molecule has 0 aliphatic carbocycles.